The predicted octanol–water partition coefficient (Wildman–Crippen LogP) is 0.260. The molecule has 7 heteroatoms. The number of hydrogen-bond donors (Lipinski definition) is 1. The van der Waals surface area contributed by atoms with Crippen LogP contribution in [-0.2, 0) is 0 Å². The third-order valence-corrected chi connectivity index (χ3v) is 0. The van der Waals surface area contributed by atoms with Gasteiger partial charge in [0.25, 0.3) is 0 Å². The second kappa shape index (κ2) is 7.34. The molecule has 0 unspecified atom stereocenters. The molecular weight excluding hydrogens is 122 g/mol. The molecule has 0 saturated heterocycles. The first-order chi connectivity index (χ1) is 3.00. The van der Waals surface area contributed by atoms with Crippen LogP contribution in [-0.4, -0.2) is 38.3 Å². The van der Waals surface area contributed by atoms with Crippen molar-refractivity contribution in [1.29, 1.82) is 0 Å². The Kier molecular flexibility index (Phi) is 14.5. The third-order valence-electron chi connectivity index (χ3n) is 0. The van der Waals surface area contributed by atoms with Crippen molar-refractivity contribution in [1.82, 2.24) is 0 Å². The fourth-order valence-corrected chi connectivity index (χ4v) is 0. The minimum absolute atomic E-state index is 0. The van der Waals surface area contributed by atoms with Crippen molar-refractivity contribution in [3.8, 4) is 0 Å². The monoisotopic (exact) mass is 127 g/mol. The molecule has 1 nitrogen and oxygen atoms in total. The quantitative estimate of drug-likeness (QED) is 0.365. The molecule has 0 aromatic carbocycles. The molecule has 48 valence electrons. The van der Waals surface area contributed by atoms with Crippen molar-refractivity contribution in [3.05, 3.63) is 0 Å². The first-order valence-electron chi connectivity index (χ1n) is 1.32. The third kappa shape index (κ3) is 1540. The van der Waals surface area contributed by atoms with Crippen LogP contribution in [0.4, 0.5) is 17.3 Å². The predicted molar refractivity (Wildman–Crippen MR) is 25.5 cm³/mol. The summed E-state index contributed by atoms with van der Waals surface area (Å²) in [6.45, 7) is 0. The van der Waals surface area contributed by atoms with Gasteiger partial charge in [0.15, 0.2) is 0 Å². The summed E-state index contributed by atoms with van der Waals surface area (Å²) in [4.78, 5) is 0. The van der Waals surface area contributed by atoms with Crippen molar-refractivity contribution < 1.29 is 22.4 Å². The molecule has 1 N–H and O–H groups in total. The fraction of sp³-hybridized carbons (Fsp3) is 1.00. The van der Waals surface area contributed by atoms with Gasteiger partial charge in [0, 0.05) is 7.11 Å². The van der Waals surface area contributed by atoms with Gasteiger partial charge < -0.3 is 22.4 Å². The van der Waals surface area contributed by atoms with Crippen LogP contribution < -0.4 is 0 Å². The van der Waals surface area contributed by atoms with E-state index in [-0.39, 0.29) is 18.9 Å². The SMILES string of the molecule is CO.F[B-](F)(F)F.[LiH]. The summed E-state index contributed by atoms with van der Waals surface area (Å²) < 4.78 is 39.0. The molecule has 0 spiro atoms. The van der Waals surface area contributed by atoms with Gasteiger partial charge in [0.05, 0.1) is 0 Å². The van der Waals surface area contributed by atoms with Crippen LogP contribution in [0, 0.1) is 0 Å². The maximum absolute atomic E-state index is 9.75. The van der Waals surface area contributed by atoms with E-state index in [1.165, 1.54) is 0 Å². The van der Waals surface area contributed by atoms with E-state index in [0.717, 1.165) is 7.11 Å². The first-order valence-corrected chi connectivity index (χ1v) is 1.32. The standard InChI is InChI=1S/CH4O.BF4.Li.H/c1-2;2-1(3,4)5;;/h2H,1H3;;;/q;-1;;. The van der Waals surface area contributed by atoms with Crippen LogP contribution in [0.3, 0.4) is 0 Å². The zero-order valence-electron chi connectivity index (χ0n) is 3.54. The van der Waals surface area contributed by atoms with Crippen LogP contribution in [0.5, 0.6) is 0 Å². The summed E-state index contributed by atoms with van der Waals surface area (Å²) in [6, 6.07) is 0. The van der Waals surface area contributed by atoms with Crippen LogP contribution in [0.2, 0.25) is 0 Å². The van der Waals surface area contributed by atoms with E-state index in [1.54, 1.807) is 0 Å². The zero-order chi connectivity index (χ0) is 6.50. The van der Waals surface area contributed by atoms with Crippen molar-refractivity contribution in [2.24, 2.45) is 0 Å². The Morgan fingerprint density at radius 2 is 1.00 bits per heavy atom. The molecule has 0 fully saturated rings. The second-order valence-electron chi connectivity index (χ2n) is 0.495. The first kappa shape index (κ1) is 15.8. The Morgan fingerprint density at radius 3 is 1.00 bits per heavy atom. The van der Waals surface area contributed by atoms with Crippen LogP contribution >= 0.6 is 0 Å². The molecule has 0 aliphatic heterocycles. The van der Waals surface area contributed by atoms with Crippen molar-refractivity contribution in [2.75, 3.05) is 7.11 Å². The van der Waals surface area contributed by atoms with E-state index in [2.05, 4.69) is 0 Å². The Hall–Kier alpha value is 0.342. The van der Waals surface area contributed by atoms with Crippen molar-refractivity contribution in [3.63, 3.8) is 0 Å². The number of hydrogen-bond acceptors (Lipinski definition) is 1. The normalized spacial score (nSPS) is 8.25. The molecule has 0 aromatic rings. The average Bonchev–Trinajstić information content (AvgIpc) is 1.36. The van der Waals surface area contributed by atoms with Gasteiger partial charge in [-0.05, 0) is 0 Å². The van der Waals surface area contributed by atoms with Gasteiger partial charge in [-0.15, -0.1) is 0 Å². The van der Waals surface area contributed by atoms with Crippen LogP contribution in [0.15, 0.2) is 0 Å². The maximum atomic E-state index is 9.75. The molecular formula is CH5BF4LiO-. The van der Waals surface area contributed by atoms with Gasteiger partial charge in [-0.25, -0.2) is 0 Å². The average molecular weight is 127 g/mol. The molecule has 0 aromatic heterocycles. The summed E-state index contributed by atoms with van der Waals surface area (Å²) in [6.07, 6.45) is 0. The van der Waals surface area contributed by atoms with Gasteiger partial charge in [-0.1, -0.05) is 0 Å². The Labute approximate surface area is 56.4 Å². The molecule has 0 amide bonds. The van der Waals surface area contributed by atoms with E-state index in [1.807, 2.05) is 0 Å². The summed E-state index contributed by atoms with van der Waals surface area (Å²) in [5.41, 5.74) is 0. The molecule has 0 radical (unpaired) electrons. The number of rotatable bonds is 0. The number of aliphatic hydroxyl groups excluding tert-OH is 1. The second-order valence-corrected chi connectivity index (χ2v) is 0.495. The summed E-state index contributed by atoms with van der Waals surface area (Å²) in [5, 5.41) is 7.00. The van der Waals surface area contributed by atoms with E-state index in [0.29, 0.717) is 0 Å². The molecule has 0 bridgehead atoms. The number of aliphatic hydroxyl groups is 1. The van der Waals surface area contributed by atoms with Gasteiger partial charge in [0.1, 0.15) is 0 Å². The minimum atomic E-state index is -6.00. The molecule has 0 aliphatic rings. The molecule has 0 aliphatic carbocycles. The Balaban J connectivity index is -0.0000000750. The summed E-state index contributed by atoms with van der Waals surface area (Å²) in [7, 11) is -5.00. The van der Waals surface area contributed by atoms with Crippen molar-refractivity contribution in [2.45, 2.75) is 0 Å². The zero-order valence-corrected chi connectivity index (χ0v) is 3.54. The van der Waals surface area contributed by atoms with E-state index < -0.39 is 7.25 Å². The van der Waals surface area contributed by atoms with E-state index in [9.17, 15) is 17.3 Å². The van der Waals surface area contributed by atoms with Crippen molar-refractivity contribution >= 4 is 26.1 Å². The Bertz CT molecular complexity index is 31.5. The van der Waals surface area contributed by atoms with Crippen LogP contribution in [0.25, 0.3) is 0 Å². The van der Waals surface area contributed by atoms with E-state index >= 15 is 0 Å². The summed E-state index contributed by atoms with van der Waals surface area (Å²) >= 11 is 0. The molecule has 8 heavy (non-hydrogen) atoms. The summed E-state index contributed by atoms with van der Waals surface area (Å²) in [5.74, 6) is 0. The van der Waals surface area contributed by atoms with Gasteiger partial charge >= 0.3 is 26.1 Å². The Morgan fingerprint density at radius 1 is 1.00 bits per heavy atom. The molecule has 0 saturated carbocycles. The van der Waals surface area contributed by atoms with Crippen LogP contribution in [0.1, 0.15) is 0 Å². The van der Waals surface area contributed by atoms with Gasteiger partial charge in [-0.3, -0.25) is 0 Å². The van der Waals surface area contributed by atoms with Gasteiger partial charge in [-0.2, -0.15) is 0 Å². The molecule has 0 rings (SSSR count). The molecule has 0 atom stereocenters. The molecule has 0 heterocycles. The van der Waals surface area contributed by atoms with Gasteiger partial charge in [0.2, 0.25) is 0 Å². The van der Waals surface area contributed by atoms with E-state index in [4.69, 9.17) is 5.11 Å². The fourth-order valence-electron chi connectivity index (χ4n) is 0. The topological polar surface area (TPSA) is 20.2 Å². The number of halogens is 4.